The third-order valence-electron chi connectivity index (χ3n) is 4.95. The summed E-state index contributed by atoms with van der Waals surface area (Å²) in [6, 6.07) is 18.3. The van der Waals surface area contributed by atoms with Crippen LogP contribution in [0.2, 0.25) is 0 Å². The molecule has 0 aliphatic heterocycles. The Morgan fingerprint density at radius 3 is 2.24 bits per heavy atom. The van der Waals surface area contributed by atoms with Gasteiger partial charge in [0.15, 0.2) is 0 Å². The van der Waals surface area contributed by atoms with Crippen molar-refractivity contribution in [3.05, 3.63) is 88.8 Å². The number of amides is 1. The molecule has 0 unspecified atom stereocenters. The SMILES string of the molecule is COc1cc(NS(=O)(=O)c2ccc3oc(=O)ccc3c2)c(OC)cc1NC(=O)c1ccccc1. The van der Waals surface area contributed by atoms with Crippen molar-refractivity contribution in [3.63, 3.8) is 0 Å². The molecule has 0 saturated heterocycles. The number of anilines is 2. The van der Waals surface area contributed by atoms with Gasteiger partial charge in [-0.2, -0.15) is 0 Å². The number of benzene rings is 3. The highest BCUT2D eigenvalue weighted by Gasteiger charge is 2.21. The van der Waals surface area contributed by atoms with E-state index in [0.29, 0.717) is 16.6 Å². The summed E-state index contributed by atoms with van der Waals surface area (Å²) in [5.41, 5.74) is 0.593. The molecule has 4 aromatic rings. The molecule has 0 radical (unpaired) electrons. The number of nitrogens with one attached hydrogen (secondary N) is 2. The summed E-state index contributed by atoms with van der Waals surface area (Å²) in [6.07, 6.45) is 0. The summed E-state index contributed by atoms with van der Waals surface area (Å²) in [5.74, 6) is 0.0275. The van der Waals surface area contributed by atoms with E-state index < -0.39 is 15.6 Å². The molecule has 4 rings (SSSR count). The van der Waals surface area contributed by atoms with Crippen LogP contribution >= 0.6 is 0 Å². The minimum absolute atomic E-state index is 0.0451. The van der Waals surface area contributed by atoms with Crippen LogP contribution in [0.25, 0.3) is 11.0 Å². The number of fused-ring (bicyclic) bond motifs is 1. The van der Waals surface area contributed by atoms with Crippen LogP contribution in [0.4, 0.5) is 11.4 Å². The van der Waals surface area contributed by atoms with Gasteiger partial charge in [-0.25, -0.2) is 13.2 Å². The van der Waals surface area contributed by atoms with Crippen molar-refractivity contribution >= 4 is 38.3 Å². The highest BCUT2D eigenvalue weighted by atomic mass is 32.2. The van der Waals surface area contributed by atoms with E-state index in [2.05, 4.69) is 10.0 Å². The van der Waals surface area contributed by atoms with Gasteiger partial charge in [0.1, 0.15) is 17.1 Å². The van der Waals surface area contributed by atoms with Crippen molar-refractivity contribution in [2.75, 3.05) is 24.3 Å². The molecule has 0 aliphatic carbocycles. The maximum absolute atomic E-state index is 13.1. The van der Waals surface area contributed by atoms with Crippen LogP contribution in [0.5, 0.6) is 11.5 Å². The zero-order valence-corrected chi connectivity index (χ0v) is 19.0. The minimum atomic E-state index is -4.04. The lowest BCUT2D eigenvalue weighted by molar-refractivity contribution is 0.102. The lowest BCUT2D eigenvalue weighted by Gasteiger charge is -2.17. The predicted molar refractivity (Wildman–Crippen MR) is 127 cm³/mol. The van der Waals surface area contributed by atoms with E-state index in [1.807, 2.05) is 0 Å². The van der Waals surface area contributed by atoms with E-state index in [0.717, 1.165) is 0 Å². The maximum Gasteiger partial charge on any atom is 0.336 e. The third kappa shape index (κ3) is 4.71. The van der Waals surface area contributed by atoms with Crippen LogP contribution in [0.15, 0.2) is 86.9 Å². The molecule has 0 bridgehead atoms. The first-order chi connectivity index (χ1) is 16.3. The maximum atomic E-state index is 13.1. The zero-order chi connectivity index (χ0) is 24.3. The summed E-state index contributed by atoms with van der Waals surface area (Å²) >= 11 is 0. The topological polar surface area (TPSA) is 124 Å². The largest absolute Gasteiger partial charge is 0.494 e. The minimum Gasteiger partial charge on any atom is -0.494 e. The second kappa shape index (κ2) is 9.28. The summed E-state index contributed by atoms with van der Waals surface area (Å²) < 4.78 is 44.4. The Kier molecular flexibility index (Phi) is 6.24. The van der Waals surface area contributed by atoms with Crippen LogP contribution in [-0.2, 0) is 10.0 Å². The first-order valence-electron chi connectivity index (χ1n) is 10.00. The quantitative estimate of drug-likeness (QED) is 0.385. The van der Waals surface area contributed by atoms with Crippen LogP contribution in [-0.4, -0.2) is 28.5 Å². The van der Waals surface area contributed by atoms with E-state index in [1.165, 1.54) is 56.7 Å². The molecule has 174 valence electrons. The Balaban J connectivity index is 1.66. The van der Waals surface area contributed by atoms with Gasteiger partial charge in [-0.3, -0.25) is 9.52 Å². The average Bonchev–Trinajstić information content (AvgIpc) is 2.84. The Labute approximate surface area is 195 Å². The number of hydrogen-bond donors (Lipinski definition) is 2. The van der Waals surface area contributed by atoms with Crippen molar-refractivity contribution in [3.8, 4) is 11.5 Å². The zero-order valence-electron chi connectivity index (χ0n) is 18.2. The highest BCUT2D eigenvalue weighted by molar-refractivity contribution is 7.92. The molecule has 0 aliphatic rings. The number of ether oxygens (including phenoxy) is 2. The first kappa shape index (κ1) is 22.9. The number of carbonyl (C=O) groups is 1. The molecule has 0 saturated carbocycles. The van der Waals surface area contributed by atoms with Crippen LogP contribution in [0, 0.1) is 0 Å². The molecular formula is C24H20N2O7S. The molecule has 0 fully saturated rings. The molecular weight excluding hydrogens is 460 g/mol. The molecule has 0 spiro atoms. The van der Waals surface area contributed by atoms with E-state index in [1.54, 1.807) is 30.3 Å². The Bertz CT molecular complexity index is 1530. The molecule has 1 amide bonds. The van der Waals surface area contributed by atoms with Gasteiger partial charge < -0.3 is 19.2 Å². The van der Waals surface area contributed by atoms with Crippen molar-refractivity contribution < 1.29 is 27.1 Å². The van der Waals surface area contributed by atoms with Crippen molar-refractivity contribution in [1.29, 1.82) is 0 Å². The van der Waals surface area contributed by atoms with Gasteiger partial charge in [-0.1, -0.05) is 18.2 Å². The number of hydrogen-bond acceptors (Lipinski definition) is 7. The molecule has 1 heterocycles. The summed E-state index contributed by atoms with van der Waals surface area (Å²) in [7, 11) is -1.27. The van der Waals surface area contributed by atoms with Gasteiger partial charge >= 0.3 is 5.63 Å². The average molecular weight is 480 g/mol. The first-order valence-corrected chi connectivity index (χ1v) is 11.5. The van der Waals surface area contributed by atoms with E-state index in [-0.39, 0.29) is 33.6 Å². The van der Waals surface area contributed by atoms with Crippen LogP contribution in [0.3, 0.4) is 0 Å². The van der Waals surface area contributed by atoms with Gasteiger partial charge in [0.05, 0.1) is 30.5 Å². The van der Waals surface area contributed by atoms with Gasteiger partial charge in [0.2, 0.25) is 0 Å². The fourth-order valence-electron chi connectivity index (χ4n) is 3.28. The highest BCUT2D eigenvalue weighted by Crippen LogP contribution is 2.38. The molecule has 1 aromatic heterocycles. The van der Waals surface area contributed by atoms with E-state index >= 15 is 0 Å². The normalized spacial score (nSPS) is 11.1. The van der Waals surface area contributed by atoms with Crippen molar-refractivity contribution in [2.24, 2.45) is 0 Å². The number of sulfonamides is 1. The fourth-order valence-corrected chi connectivity index (χ4v) is 4.38. The molecule has 2 N–H and O–H groups in total. The standard InChI is InChI=1S/C24H20N2O7S/c1-31-21-14-19(22(32-2)13-18(21)25-24(28)15-6-4-3-5-7-15)26-34(29,30)17-9-10-20-16(12-17)8-11-23(27)33-20/h3-14,26H,1-2H3,(H,25,28). The summed E-state index contributed by atoms with van der Waals surface area (Å²) in [4.78, 5) is 23.9. The molecule has 0 atom stereocenters. The van der Waals surface area contributed by atoms with E-state index in [9.17, 15) is 18.0 Å². The molecule has 10 heteroatoms. The van der Waals surface area contributed by atoms with Gasteiger partial charge in [0, 0.05) is 29.1 Å². The lowest BCUT2D eigenvalue weighted by atomic mass is 10.2. The number of carbonyl (C=O) groups excluding carboxylic acids is 1. The second-order valence-corrected chi connectivity index (χ2v) is 8.81. The van der Waals surface area contributed by atoms with E-state index in [4.69, 9.17) is 13.9 Å². The van der Waals surface area contributed by atoms with Crippen LogP contribution < -0.4 is 25.1 Å². The molecule has 3 aromatic carbocycles. The second-order valence-electron chi connectivity index (χ2n) is 7.13. The number of rotatable bonds is 7. The Morgan fingerprint density at radius 1 is 0.853 bits per heavy atom. The Morgan fingerprint density at radius 2 is 1.53 bits per heavy atom. The van der Waals surface area contributed by atoms with Gasteiger partial charge in [0.25, 0.3) is 15.9 Å². The smallest absolute Gasteiger partial charge is 0.336 e. The van der Waals surface area contributed by atoms with Crippen molar-refractivity contribution in [1.82, 2.24) is 0 Å². The summed E-state index contributed by atoms with van der Waals surface area (Å²) in [6.45, 7) is 0. The monoisotopic (exact) mass is 480 g/mol. The van der Waals surface area contributed by atoms with Gasteiger partial charge in [-0.15, -0.1) is 0 Å². The fraction of sp³-hybridized carbons (Fsp3) is 0.0833. The summed E-state index contributed by atoms with van der Waals surface area (Å²) in [5, 5.41) is 3.19. The Hall–Kier alpha value is -4.31. The lowest BCUT2D eigenvalue weighted by Crippen LogP contribution is -2.15. The molecule has 34 heavy (non-hydrogen) atoms. The van der Waals surface area contributed by atoms with Crippen molar-refractivity contribution in [2.45, 2.75) is 4.90 Å². The van der Waals surface area contributed by atoms with Crippen LogP contribution in [0.1, 0.15) is 10.4 Å². The number of methoxy groups -OCH3 is 2. The van der Waals surface area contributed by atoms with Gasteiger partial charge in [-0.05, 0) is 36.4 Å². The predicted octanol–water partition coefficient (Wildman–Crippen LogP) is 3.86. The molecule has 9 nitrogen and oxygen atoms in total. The third-order valence-corrected chi connectivity index (χ3v) is 6.31.